The first-order valence-electron chi connectivity index (χ1n) is 21.1. The molecule has 7 rings (SSSR count). The molecule has 0 unspecified atom stereocenters. The Morgan fingerprint density at radius 3 is 1.58 bits per heavy atom. The number of phenols is 1. The zero-order valence-corrected chi connectivity index (χ0v) is 45.5. The molecule has 428 valence electrons. The normalized spacial score (nSPS) is 13.1. The van der Waals surface area contributed by atoms with Gasteiger partial charge in [0.05, 0.1) is 40.6 Å². The van der Waals surface area contributed by atoms with E-state index in [0.29, 0.717) is 6.07 Å². The van der Waals surface area contributed by atoms with Gasteiger partial charge >= 0.3 is 20.5 Å². The molecule has 6 aromatic carbocycles. The lowest BCUT2D eigenvalue weighted by Crippen LogP contribution is -2.15. The molecule has 41 heteroatoms. The Kier molecular flexibility index (Phi) is 17.1. The SMILES string of the molecule is COc1cc(N=Nc2c(S(=O)(=O)O)cc3cc(Nc4nc(Nc5ccc(S(=O)(=O)CCOS(=O)(=O)O)cc5)nc(S(=O)(=O)O)n4)ccc3c2O)c(S(=O)(=O)O)cc1N=Nc1ccc(N=Nc2ccc(S(=O)(=O)O)cc2)cc1S(=O)(=O)O. The molecule has 0 aliphatic carbocycles. The fourth-order valence-electron chi connectivity index (χ4n) is 6.61. The molecule has 0 aliphatic rings. The molecule has 0 amide bonds. The van der Waals surface area contributed by atoms with Gasteiger partial charge in [-0.2, -0.15) is 75.7 Å². The van der Waals surface area contributed by atoms with E-state index in [-0.39, 0.29) is 38.4 Å². The quantitative estimate of drug-likeness (QED) is 0.0281. The highest BCUT2D eigenvalue weighted by atomic mass is 32.3. The van der Waals surface area contributed by atoms with Gasteiger partial charge in [-0.25, -0.2) is 12.6 Å². The lowest BCUT2D eigenvalue weighted by Gasteiger charge is -2.12. The topological polar surface area (TPSA) is 536 Å². The molecule has 0 spiro atoms. The summed E-state index contributed by atoms with van der Waals surface area (Å²) in [6.45, 7) is -0.912. The minimum absolute atomic E-state index is 0.0256. The Bertz CT molecular complexity index is 4610. The molecule has 0 bridgehead atoms. The lowest BCUT2D eigenvalue weighted by atomic mass is 10.1. The summed E-state index contributed by atoms with van der Waals surface area (Å²) in [5.41, 5.74) is -3.17. The highest BCUT2D eigenvalue weighted by Crippen LogP contribution is 2.44. The highest BCUT2D eigenvalue weighted by Gasteiger charge is 2.26. The van der Waals surface area contributed by atoms with Crippen molar-refractivity contribution in [1.82, 2.24) is 15.0 Å². The van der Waals surface area contributed by atoms with Crippen molar-refractivity contribution in [2.75, 3.05) is 30.1 Å². The zero-order chi connectivity index (χ0) is 59.7. The van der Waals surface area contributed by atoms with E-state index in [9.17, 15) is 82.2 Å². The number of azo groups is 3. The number of nitrogens with one attached hydrogen (secondary N) is 2. The molecule has 7 aromatic rings. The standard InChI is InChI=1S/C40H33N11O23S7/c1-73-32-19-31(34(78(61,62)63)20-30(32)49-48-29-13-7-25(18-33(29)77(58,59)60)47-46-23-4-10-27(11-5-23)76(55,56)57)50-51-36-35(79(64,65)66)17-21-16-24(6-12-28(21)37(36)52)42-39-43-38(44-40(45-39)80(67,68)69)41-22-2-8-26(9-3-22)75(53,54)15-14-74-81(70,71)72/h2-13,16-20,52H,14-15H2,1H3,(H,55,56,57)(H,58,59,60)(H,61,62,63)(H,64,65,66)(H,67,68,69)(H,70,71,72)(H2,41,42,43,44,45). The number of phenolic OH excluding ortho intramolecular Hbond substituents is 1. The van der Waals surface area contributed by atoms with E-state index < -0.39 is 154 Å². The van der Waals surface area contributed by atoms with Crippen molar-refractivity contribution in [1.29, 1.82) is 0 Å². The number of hydrogen-bond acceptors (Lipinski definition) is 28. The third-order valence-electron chi connectivity index (χ3n) is 10.2. The van der Waals surface area contributed by atoms with Gasteiger partial charge in [0.15, 0.2) is 15.6 Å². The predicted octanol–water partition coefficient (Wildman–Crippen LogP) is 6.30. The van der Waals surface area contributed by atoms with Gasteiger partial charge in [0.2, 0.25) is 11.9 Å². The van der Waals surface area contributed by atoms with Crippen LogP contribution in [-0.2, 0) is 75.0 Å². The number of nitrogens with zero attached hydrogens (tertiary/aromatic N) is 9. The van der Waals surface area contributed by atoms with Gasteiger partial charge in [-0.3, -0.25) is 27.3 Å². The van der Waals surface area contributed by atoms with Crippen molar-refractivity contribution in [2.24, 2.45) is 30.7 Å². The van der Waals surface area contributed by atoms with Crippen molar-refractivity contribution in [3.8, 4) is 11.5 Å². The number of hydrogen-bond donors (Lipinski definition) is 9. The van der Waals surface area contributed by atoms with Crippen molar-refractivity contribution < 1.29 is 100 Å². The fourth-order valence-corrected chi connectivity index (χ4v) is 10.9. The Hall–Kier alpha value is -8.04. The van der Waals surface area contributed by atoms with E-state index in [1.54, 1.807) is 0 Å². The molecule has 0 aliphatic heterocycles. The average Bonchev–Trinajstić information content (AvgIpc) is 3.37. The van der Waals surface area contributed by atoms with E-state index >= 15 is 0 Å². The molecule has 0 fully saturated rings. The van der Waals surface area contributed by atoms with Crippen molar-refractivity contribution in [3.63, 3.8) is 0 Å². The average molecular weight is 1260 g/mol. The van der Waals surface area contributed by atoms with Crippen molar-refractivity contribution in [2.45, 2.75) is 29.6 Å². The molecule has 0 saturated heterocycles. The summed E-state index contributed by atoms with van der Waals surface area (Å²) in [7, 11) is -33.6. The number of ether oxygens (including phenoxy) is 1. The number of aromatic hydroxyl groups is 1. The summed E-state index contributed by atoms with van der Waals surface area (Å²) in [6.07, 6.45) is 0. The van der Waals surface area contributed by atoms with Crippen LogP contribution in [0.4, 0.5) is 57.4 Å². The molecular formula is C40H33N11O23S7. The second kappa shape index (κ2) is 22.8. The summed E-state index contributed by atoms with van der Waals surface area (Å²) < 4.78 is 237. The number of fused-ring (bicyclic) bond motifs is 1. The molecule has 1 aromatic heterocycles. The molecule has 34 nitrogen and oxygen atoms in total. The zero-order valence-electron chi connectivity index (χ0n) is 39.8. The second-order valence-corrected chi connectivity index (χ2v) is 25.8. The smallest absolute Gasteiger partial charge is 0.397 e. The summed E-state index contributed by atoms with van der Waals surface area (Å²) in [4.78, 5) is 7.32. The Labute approximate surface area is 456 Å². The molecular weight excluding hydrogens is 1230 g/mol. The predicted molar refractivity (Wildman–Crippen MR) is 275 cm³/mol. The lowest BCUT2D eigenvalue weighted by molar-refractivity contribution is 0.283. The molecule has 0 atom stereocenters. The van der Waals surface area contributed by atoms with E-state index in [4.69, 9.17) is 13.8 Å². The summed E-state index contributed by atoms with van der Waals surface area (Å²) in [5, 5.41) is 37.4. The number of methoxy groups -OCH3 is 1. The number of benzene rings is 6. The van der Waals surface area contributed by atoms with Gasteiger partial charge in [-0.1, -0.05) is 0 Å². The van der Waals surface area contributed by atoms with Gasteiger partial charge in [0.1, 0.15) is 43.2 Å². The van der Waals surface area contributed by atoms with Crippen LogP contribution in [0.15, 0.2) is 163 Å². The van der Waals surface area contributed by atoms with Crippen LogP contribution in [0.1, 0.15) is 0 Å². The van der Waals surface area contributed by atoms with Crippen LogP contribution < -0.4 is 15.4 Å². The van der Waals surface area contributed by atoms with Crippen LogP contribution in [0.2, 0.25) is 0 Å². The first-order chi connectivity index (χ1) is 37.5. The van der Waals surface area contributed by atoms with Crippen LogP contribution in [0.5, 0.6) is 11.5 Å². The van der Waals surface area contributed by atoms with Crippen LogP contribution in [0, 0.1) is 0 Å². The van der Waals surface area contributed by atoms with Crippen LogP contribution in [0.25, 0.3) is 10.8 Å². The maximum absolute atomic E-state index is 12.8. The summed E-state index contributed by atoms with van der Waals surface area (Å²) >= 11 is 0. The minimum atomic E-state index is -5.39. The van der Waals surface area contributed by atoms with E-state index in [1.165, 1.54) is 6.07 Å². The number of rotatable bonds is 21. The second-order valence-electron chi connectivity index (χ2n) is 15.7. The van der Waals surface area contributed by atoms with E-state index in [1.807, 2.05) is 0 Å². The number of anilines is 4. The van der Waals surface area contributed by atoms with E-state index in [2.05, 4.69) is 60.5 Å². The number of aromatic nitrogens is 3. The first-order valence-corrected chi connectivity index (χ1v) is 31.3. The van der Waals surface area contributed by atoms with Gasteiger partial charge in [0, 0.05) is 22.8 Å². The first kappa shape index (κ1) is 60.6. The maximum Gasteiger partial charge on any atom is 0.397 e. The minimum Gasteiger partial charge on any atom is -0.505 e. The molecule has 81 heavy (non-hydrogen) atoms. The monoisotopic (exact) mass is 1260 g/mol. The van der Waals surface area contributed by atoms with Gasteiger partial charge in [-0.15, -0.1) is 20.5 Å². The largest absolute Gasteiger partial charge is 0.505 e. The molecule has 0 radical (unpaired) electrons. The molecule has 1 heterocycles. The Balaban J connectivity index is 1.18. The van der Waals surface area contributed by atoms with E-state index in [0.717, 1.165) is 98.1 Å². The van der Waals surface area contributed by atoms with Gasteiger partial charge in [0.25, 0.3) is 45.6 Å². The maximum atomic E-state index is 12.8. The fraction of sp³-hybridized carbons (Fsp3) is 0.0750. The third-order valence-corrected chi connectivity index (χ3v) is 16.5. The van der Waals surface area contributed by atoms with Gasteiger partial charge < -0.3 is 20.5 Å². The van der Waals surface area contributed by atoms with Crippen molar-refractivity contribution >= 4 is 139 Å². The van der Waals surface area contributed by atoms with Crippen molar-refractivity contribution in [3.05, 3.63) is 103 Å². The Morgan fingerprint density at radius 2 is 1.01 bits per heavy atom. The molecule has 9 N–H and O–H groups in total. The summed E-state index contributed by atoms with van der Waals surface area (Å²) in [6, 6.07) is 17.3. The van der Waals surface area contributed by atoms with Crippen LogP contribution >= 0.6 is 0 Å². The summed E-state index contributed by atoms with van der Waals surface area (Å²) in [5.74, 6) is -3.46. The van der Waals surface area contributed by atoms with Crippen LogP contribution in [-0.4, -0.2) is 126 Å². The molecule has 0 saturated carbocycles. The Morgan fingerprint density at radius 1 is 0.481 bits per heavy atom. The van der Waals surface area contributed by atoms with Gasteiger partial charge in [-0.05, 0) is 102 Å². The van der Waals surface area contributed by atoms with Crippen LogP contribution in [0.3, 0.4) is 0 Å². The highest BCUT2D eigenvalue weighted by molar-refractivity contribution is 7.91. The third kappa shape index (κ3) is 15.5. The number of sulfone groups is 1.